The first kappa shape index (κ1) is 18.6. The molecule has 0 saturated carbocycles. The number of thiophene rings is 1. The van der Waals surface area contributed by atoms with Crippen LogP contribution in [0.25, 0.3) is 10.8 Å². The Morgan fingerprint density at radius 3 is 2.85 bits per heavy atom. The molecule has 2 N–H and O–H groups in total. The van der Waals surface area contributed by atoms with E-state index in [-0.39, 0.29) is 0 Å². The molecule has 0 amide bonds. The number of aromatic nitrogens is 2. The first-order chi connectivity index (χ1) is 12.7. The van der Waals surface area contributed by atoms with E-state index in [0.717, 1.165) is 46.7 Å². The second-order valence-electron chi connectivity index (χ2n) is 5.74. The monoisotopic (exact) mass is 389 g/mol. The molecule has 8 heteroatoms. The van der Waals surface area contributed by atoms with Gasteiger partial charge in [0.25, 0.3) is 0 Å². The number of hydrogen-bond acceptors (Lipinski definition) is 6. The quantitative estimate of drug-likeness (QED) is 0.475. The van der Waals surface area contributed by atoms with Crippen molar-refractivity contribution in [3.63, 3.8) is 0 Å². The van der Waals surface area contributed by atoms with Crippen LogP contribution in [0.4, 0.5) is 0 Å². The number of nitrogens with one attached hydrogen (secondary N) is 2. The number of hydrogen-bond donors (Lipinski definition) is 2. The molecule has 6 nitrogen and oxygen atoms in total. The average Bonchev–Trinajstić information content (AvgIpc) is 3.35. The first-order valence-corrected chi connectivity index (χ1v) is 10.3. The van der Waals surface area contributed by atoms with Crippen LogP contribution in [0, 0.1) is 13.8 Å². The molecule has 0 saturated heterocycles. The van der Waals surface area contributed by atoms with E-state index >= 15 is 0 Å². The summed E-state index contributed by atoms with van der Waals surface area (Å²) in [5.74, 6) is 1.43. The summed E-state index contributed by atoms with van der Waals surface area (Å²) in [6.07, 6.45) is 2.56. The van der Waals surface area contributed by atoms with Gasteiger partial charge in [0.1, 0.15) is 12.0 Å². The van der Waals surface area contributed by atoms with E-state index in [1.54, 1.807) is 28.9 Å². The van der Waals surface area contributed by atoms with E-state index in [9.17, 15) is 0 Å². The lowest BCUT2D eigenvalue weighted by Crippen LogP contribution is -2.38. The molecule has 0 bridgehead atoms. The molecule has 0 atom stereocenters. The van der Waals surface area contributed by atoms with Crippen molar-refractivity contribution in [2.24, 2.45) is 4.99 Å². The van der Waals surface area contributed by atoms with Gasteiger partial charge in [0.15, 0.2) is 5.96 Å². The predicted molar refractivity (Wildman–Crippen MR) is 108 cm³/mol. The van der Waals surface area contributed by atoms with Gasteiger partial charge in [-0.3, -0.25) is 0 Å². The minimum Gasteiger partial charge on any atom is -0.443 e. The van der Waals surface area contributed by atoms with Crippen LogP contribution in [0.15, 0.2) is 33.2 Å². The van der Waals surface area contributed by atoms with Crippen LogP contribution in [0.3, 0.4) is 0 Å². The first-order valence-electron chi connectivity index (χ1n) is 8.59. The number of oxazole rings is 1. The summed E-state index contributed by atoms with van der Waals surface area (Å²) in [5.41, 5.74) is 1.94. The normalized spacial score (nSPS) is 11.7. The molecule has 0 aromatic carbocycles. The molecule has 138 valence electrons. The van der Waals surface area contributed by atoms with Gasteiger partial charge >= 0.3 is 0 Å². The Morgan fingerprint density at radius 2 is 2.15 bits per heavy atom. The van der Waals surface area contributed by atoms with Crippen molar-refractivity contribution in [3.8, 4) is 10.8 Å². The van der Waals surface area contributed by atoms with Crippen molar-refractivity contribution in [1.29, 1.82) is 0 Å². The summed E-state index contributed by atoms with van der Waals surface area (Å²) in [7, 11) is 0. The minimum atomic E-state index is 0.472. The predicted octanol–water partition coefficient (Wildman–Crippen LogP) is 3.77. The van der Waals surface area contributed by atoms with E-state index in [1.807, 2.05) is 17.5 Å². The summed E-state index contributed by atoms with van der Waals surface area (Å²) < 4.78 is 5.54. The summed E-state index contributed by atoms with van der Waals surface area (Å²) in [6.45, 7) is 8.28. The smallest absolute Gasteiger partial charge is 0.236 e. The Hall–Kier alpha value is -2.19. The van der Waals surface area contributed by atoms with Gasteiger partial charge < -0.3 is 15.1 Å². The maximum atomic E-state index is 5.54. The van der Waals surface area contributed by atoms with Crippen molar-refractivity contribution < 1.29 is 4.42 Å². The highest BCUT2D eigenvalue weighted by Gasteiger charge is 2.08. The molecular formula is C18H23N5OS2. The Labute approximate surface area is 161 Å². The van der Waals surface area contributed by atoms with Gasteiger partial charge in [-0.05, 0) is 32.2 Å². The fourth-order valence-electron chi connectivity index (χ4n) is 2.33. The maximum absolute atomic E-state index is 5.54. The van der Waals surface area contributed by atoms with Crippen molar-refractivity contribution in [2.45, 2.75) is 33.7 Å². The Kier molecular flexibility index (Phi) is 6.40. The van der Waals surface area contributed by atoms with Crippen LogP contribution < -0.4 is 10.6 Å². The van der Waals surface area contributed by atoms with Crippen molar-refractivity contribution in [2.75, 3.05) is 13.1 Å². The SMILES string of the molecule is CCNC(=NCc1coc(-c2cccs2)n1)NCCc1nc(C)c(C)s1. The van der Waals surface area contributed by atoms with Gasteiger partial charge in [0.05, 0.1) is 22.1 Å². The molecule has 3 aromatic rings. The third-order valence-electron chi connectivity index (χ3n) is 3.73. The van der Waals surface area contributed by atoms with Crippen molar-refractivity contribution >= 4 is 28.6 Å². The highest BCUT2D eigenvalue weighted by atomic mass is 32.1. The zero-order chi connectivity index (χ0) is 18.4. The van der Waals surface area contributed by atoms with E-state index in [1.165, 1.54) is 4.88 Å². The maximum Gasteiger partial charge on any atom is 0.236 e. The highest BCUT2D eigenvalue weighted by Crippen LogP contribution is 2.23. The number of thiazole rings is 1. The third kappa shape index (κ3) is 4.92. The Balaban J connectivity index is 1.55. The molecule has 3 rings (SSSR count). The fraction of sp³-hybridized carbons (Fsp3) is 0.389. The summed E-state index contributed by atoms with van der Waals surface area (Å²) in [6, 6.07) is 3.98. The number of guanidine groups is 1. The van der Waals surface area contributed by atoms with Gasteiger partial charge in [-0.1, -0.05) is 6.07 Å². The lowest BCUT2D eigenvalue weighted by atomic mass is 10.4. The average molecular weight is 390 g/mol. The lowest BCUT2D eigenvalue weighted by Gasteiger charge is -2.10. The van der Waals surface area contributed by atoms with Crippen LogP contribution in [0.2, 0.25) is 0 Å². The number of rotatable bonds is 7. The molecule has 0 spiro atoms. The van der Waals surface area contributed by atoms with E-state index in [2.05, 4.69) is 46.4 Å². The van der Waals surface area contributed by atoms with Gasteiger partial charge in [-0.15, -0.1) is 22.7 Å². The largest absolute Gasteiger partial charge is 0.443 e. The molecule has 0 aliphatic heterocycles. The van der Waals surface area contributed by atoms with Crippen molar-refractivity contribution in [3.05, 3.63) is 45.0 Å². The summed E-state index contributed by atoms with van der Waals surface area (Å²) in [5, 5.41) is 9.77. The molecule has 3 aromatic heterocycles. The van der Waals surface area contributed by atoms with Gasteiger partial charge in [-0.25, -0.2) is 15.0 Å². The summed E-state index contributed by atoms with van der Waals surface area (Å²) in [4.78, 5) is 16.0. The zero-order valence-corrected chi connectivity index (χ0v) is 16.8. The molecule has 0 aliphatic rings. The van der Waals surface area contributed by atoms with E-state index in [0.29, 0.717) is 12.4 Å². The fourth-order valence-corrected chi connectivity index (χ4v) is 3.92. The highest BCUT2D eigenvalue weighted by molar-refractivity contribution is 7.13. The van der Waals surface area contributed by atoms with Crippen LogP contribution >= 0.6 is 22.7 Å². The van der Waals surface area contributed by atoms with Crippen LogP contribution in [-0.4, -0.2) is 29.0 Å². The van der Waals surface area contributed by atoms with Gasteiger partial charge in [0.2, 0.25) is 5.89 Å². The molecule has 26 heavy (non-hydrogen) atoms. The Morgan fingerprint density at radius 1 is 1.27 bits per heavy atom. The molecule has 0 unspecified atom stereocenters. The second kappa shape index (κ2) is 8.95. The zero-order valence-electron chi connectivity index (χ0n) is 15.2. The lowest BCUT2D eigenvalue weighted by molar-refractivity contribution is 0.574. The molecule has 0 fully saturated rings. The van der Waals surface area contributed by atoms with Crippen LogP contribution in [0.1, 0.15) is 28.2 Å². The van der Waals surface area contributed by atoms with Crippen molar-refractivity contribution in [1.82, 2.24) is 20.6 Å². The number of nitrogens with zero attached hydrogens (tertiary/aromatic N) is 3. The van der Waals surface area contributed by atoms with Crippen LogP contribution in [0.5, 0.6) is 0 Å². The topological polar surface area (TPSA) is 75.3 Å². The standard InChI is InChI=1S/C18H23N5OS2/c1-4-19-18(20-8-7-16-22-12(2)13(3)26-16)21-10-14-11-24-17(23-14)15-6-5-9-25-15/h5-6,9,11H,4,7-8,10H2,1-3H3,(H2,19,20,21). The molecule has 3 heterocycles. The molecule has 0 radical (unpaired) electrons. The second-order valence-corrected chi connectivity index (χ2v) is 7.98. The molecule has 0 aliphatic carbocycles. The number of aryl methyl sites for hydroxylation is 2. The van der Waals surface area contributed by atoms with E-state index in [4.69, 9.17) is 4.42 Å². The Bertz CT molecular complexity index is 831. The van der Waals surface area contributed by atoms with E-state index < -0.39 is 0 Å². The number of aliphatic imine (C=N–C) groups is 1. The van der Waals surface area contributed by atoms with Gasteiger partial charge in [-0.2, -0.15) is 0 Å². The molecular weight excluding hydrogens is 366 g/mol. The minimum absolute atomic E-state index is 0.472. The summed E-state index contributed by atoms with van der Waals surface area (Å²) >= 11 is 3.37. The van der Waals surface area contributed by atoms with Gasteiger partial charge in [0, 0.05) is 24.4 Å². The third-order valence-corrected chi connectivity index (χ3v) is 5.72. The van der Waals surface area contributed by atoms with Crippen LogP contribution in [-0.2, 0) is 13.0 Å².